The van der Waals surface area contributed by atoms with Crippen LogP contribution in [-0.2, 0) is 5.33 Å². The average molecular weight is 330 g/mol. The first-order valence-electron chi connectivity index (χ1n) is 6.15. The molecule has 0 spiro atoms. The third-order valence-electron chi connectivity index (χ3n) is 2.90. The molecular weight excluding hydrogens is 310 g/mol. The Bertz CT molecular complexity index is 438. The van der Waals surface area contributed by atoms with Crippen molar-refractivity contribution in [3.05, 3.63) is 33.9 Å². The third-order valence-corrected chi connectivity index (χ3v) is 3.55. The smallest absolute Gasteiger partial charge is 0.292 e. The first-order chi connectivity index (χ1) is 8.95. The standard InChI is InChI=1S/C13H20BrN3O2/c1-15(2)7-4-8-16(3)12-6-5-11(10-14)9-13(12)17(18)19/h5-6,9H,4,7-8,10H2,1-3H3. The van der Waals surface area contributed by atoms with Gasteiger partial charge in [0.15, 0.2) is 0 Å². The van der Waals surface area contributed by atoms with Gasteiger partial charge in [-0.2, -0.15) is 0 Å². The van der Waals surface area contributed by atoms with Crippen LogP contribution in [0.25, 0.3) is 0 Å². The molecule has 0 unspecified atom stereocenters. The minimum atomic E-state index is -0.316. The van der Waals surface area contributed by atoms with Gasteiger partial charge in [0.05, 0.1) is 4.92 Å². The summed E-state index contributed by atoms with van der Waals surface area (Å²) in [5.74, 6) is 0. The van der Waals surface area contributed by atoms with Gasteiger partial charge in [-0.05, 0) is 38.7 Å². The minimum Gasteiger partial charge on any atom is -0.369 e. The van der Waals surface area contributed by atoms with Gasteiger partial charge in [-0.15, -0.1) is 0 Å². The summed E-state index contributed by atoms with van der Waals surface area (Å²) in [7, 11) is 5.94. The second-order valence-electron chi connectivity index (χ2n) is 4.79. The number of hydrogen-bond acceptors (Lipinski definition) is 4. The number of alkyl halides is 1. The van der Waals surface area contributed by atoms with Crippen LogP contribution in [0.3, 0.4) is 0 Å². The first kappa shape index (κ1) is 15.9. The number of benzene rings is 1. The van der Waals surface area contributed by atoms with Gasteiger partial charge in [0.25, 0.3) is 5.69 Å². The largest absolute Gasteiger partial charge is 0.369 e. The molecule has 0 aliphatic heterocycles. The van der Waals surface area contributed by atoms with E-state index in [1.54, 1.807) is 6.07 Å². The summed E-state index contributed by atoms with van der Waals surface area (Å²) < 4.78 is 0. The molecule has 0 aliphatic carbocycles. The summed E-state index contributed by atoms with van der Waals surface area (Å²) in [5.41, 5.74) is 1.76. The molecule has 5 nitrogen and oxygen atoms in total. The van der Waals surface area contributed by atoms with Crippen molar-refractivity contribution in [2.24, 2.45) is 0 Å². The molecular formula is C13H20BrN3O2. The summed E-state index contributed by atoms with van der Waals surface area (Å²) in [6.45, 7) is 1.77. The zero-order valence-electron chi connectivity index (χ0n) is 11.6. The van der Waals surface area contributed by atoms with E-state index in [0.29, 0.717) is 11.0 Å². The van der Waals surface area contributed by atoms with E-state index in [2.05, 4.69) is 20.8 Å². The van der Waals surface area contributed by atoms with Crippen molar-refractivity contribution in [2.45, 2.75) is 11.8 Å². The van der Waals surface area contributed by atoms with Crippen LogP contribution in [-0.4, -0.2) is 44.1 Å². The maximum Gasteiger partial charge on any atom is 0.292 e. The van der Waals surface area contributed by atoms with Crippen LogP contribution >= 0.6 is 15.9 Å². The van der Waals surface area contributed by atoms with Crippen molar-refractivity contribution in [3.63, 3.8) is 0 Å². The molecule has 0 fully saturated rings. The normalized spacial score (nSPS) is 10.8. The zero-order chi connectivity index (χ0) is 14.4. The Morgan fingerprint density at radius 1 is 1.26 bits per heavy atom. The molecule has 0 atom stereocenters. The van der Waals surface area contributed by atoms with Gasteiger partial charge in [-0.25, -0.2) is 0 Å². The Morgan fingerprint density at radius 3 is 2.47 bits per heavy atom. The second-order valence-corrected chi connectivity index (χ2v) is 5.35. The van der Waals surface area contributed by atoms with E-state index in [9.17, 15) is 10.1 Å². The summed E-state index contributed by atoms with van der Waals surface area (Å²) >= 11 is 3.32. The molecule has 6 heteroatoms. The van der Waals surface area contributed by atoms with Gasteiger partial charge in [0.2, 0.25) is 0 Å². The van der Waals surface area contributed by atoms with E-state index >= 15 is 0 Å². The second kappa shape index (κ2) is 7.45. The quantitative estimate of drug-likeness (QED) is 0.438. The van der Waals surface area contributed by atoms with E-state index in [1.807, 2.05) is 38.2 Å². The summed E-state index contributed by atoms with van der Waals surface area (Å²) in [6, 6.07) is 5.37. The van der Waals surface area contributed by atoms with Gasteiger partial charge < -0.3 is 9.80 Å². The monoisotopic (exact) mass is 329 g/mol. The third kappa shape index (κ3) is 4.80. The minimum absolute atomic E-state index is 0.171. The summed E-state index contributed by atoms with van der Waals surface area (Å²) in [4.78, 5) is 14.9. The van der Waals surface area contributed by atoms with Crippen LogP contribution in [0.5, 0.6) is 0 Å². The Morgan fingerprint density at radius 2 is 1.95 bits per heavy atom. The Balaban J connectivity index is 2.83. The maximum absolute atomic E-state index is 11.1. The van der Waals surface area contributed by atoms with Crippen LogP contribution in [0.2, 0.25) is 0 Å². The van der Waals surface area contributed by atoms with Gasteiger partial charge in [-0.3, -0.25) is 10.1 Å². The summed E-state index contributed by atoms with van der Waals surface area (Å²) in [6.07, 6.45) is 0.973. The number of hydrogen-bond donors (Lipinski definition) is 0. The van der Waals surface area contributed by atoms with Crippen molar-refractivity contribution in [1.82, 2.24) is 4.90 Å². The number of anilines is 1. The van der Waals surface area contributed by atoms with Crippen molar-refractivity contribution >= 4 is 27.3 Å². The van der Waals surface area contributed by atoms with Crippen LogP contribution in [0.15, 0.2) is 18.2 Å². The van der Waals surface area contributed by atoms with Crippen molar-refractivity contribution in [2.75, 3.05) is 39.1 Å². The lowest BCUT2D eigenvalue weighted by Crippen LogP contribution is -2.24. The fourth-order valence-electron chi connectivity index (χ4n) is 1.87. The number of nitro groups is 1. The molecule has 0 bridgehead atoms. The van der Waals surface area contributed by atoms with Gasteiger partial charge in [0.1, 0.15) is 5.69 Å². The fourth-order valence-corrected chi connectivity index (χ4v) is 2.21. The fraction of sp³-hybridized carbons (Fsp3) is 0.538. The molecule has 0 aliphatic rings. The molecule has 0 aromatic heterocycles. The maximum atomic E-state index is 11.1. The Labute approximate surface area is 122 Å². The molecule has 19 heavy (non-hydrogen) atoms. The lowest BCUT2D eigenvalue weighted by atomic mass is 10.1. The topological polar surface area (TPSA) is 49.6 Å². The summed E-state index contributed by atoms with van der Waals surface area (Å²) in [5, 5.41) is 11.8. The average Bonchev–Trinajstić information content (AvgIpc) is 2.37. The van der Waals surface area contributed by atoms with E-state index in [0.717, 1.165) is 25.1 Å². The molecule has 0 heterocycles. The lowest BCUT2D eigenvalue weighted by Gasteiger charge is -2.20. The Kier molecular flexibility index (Phi) is 6.24. The predicted molar refractivity (Wildman–Crippen MR) is 82.2 cm³/mol. The van der Waals surface area contributed by atoms with Gasteiger partial charge in [0, 0.05) is 25.0 Å². The van der Waals surface area contributed by atoms with Crippen molar-refractivity contribution in [3.8, 4) is 0 Å². The molecule has 1 aromatic carbocycles. The number of rotatable bonds is 7. The Hall–Kier alpha value is -1.14. The SMILES string of the molecule is CN(C)CCCN(C)c1ccc(CBr)cc1[N+](=O)[O-]. The predicted octanol–water partition coefficient (Wildman–Crippen LogP) is 2.88. The number of nitro benzene ring substituents is 1. The highest BCUT2D eigenvalue weighted by Crippen LogP contribution is 2.29. The highest BCUT2D eigenvalue weighted by molar-refractivity contribution is 9.08. The van der Waals surface area contributed by atoms with E-state index < -0.39 is 0 Å². The van der Waals surface area contributed by atoms with Crippen molar-refractivity contribution in [1.29, 1.82) is 0 Å². The van der Waals surface area contributed by atoms with E-state index in [1.165, 1.54) is 0 Å². The molecule has 106 valence electrons. The zero-order valence-corrected chi connectivity index (χ0v) is 13.2. The number of nitrogens with zero attached hydrogens (tertiary/aromatic N) is 3. The number of halogens is 1. The van der Waals surface area contributed by atoms with Crippen molar-refractivity contribution < 1.29 is 4.92 Å². The molecule has 0 radical (unpaired) electrons. The molecule has 1 aromatic rings. The van der Waals surface area contributed by atoms with Gasteiger partial charge >= 0.3 is 0 Å². The first-order valence-corrected chi connectivity index (χ1v) is 7.27. The van der Waals surface area contributed by atoms with Crippen LogP contribution in [0, 0.1) is 10.1 Å². The molecule has 1 rings (SSSR count). The van der Waals surface area contributed by atoms with E-state index in [-0.39, 0.29) is 10.6 Å². The highest BCUT2D eigenvalue weighted by Gasteiger charge is 2.17. The molecule has 0 N–H and O–H groups in total. The molecule has 0 amide bonds. The van der Waals surface area contributed by atoms with E-state index in [4.69, 9.17) is 0 Å². The molecule has 0 saturated heterocycles. The molecule has 0 saturated carbocycles. The van der Waals surface area contributed by atoms with Gasteiger partial charge in [-0.1, -0.05) is 22.0 Å². The van der Waals surface area contributed by atoms with Crippen LogP contribution < -0.4 is 4.90 Å². The highest BCUT2D eigenvalue weighted by atomic mass is 79.9. The lowest BCUT2D eigenvalue weighted by molar-refractivity contribution is -0.384. The van der Waals surface area contributed by atoms with Crippen LogP contribution in [0.1, 0.15) is 12.0 Å². The van der Waals surface area contributed by atoms with Crippen LogP contribution in [0.4, 0.5) is 11.4 Å².